The number of carbonyl (C=O) groups excluding carboxylic acids is 2. The predicted octanol–water partition coefficient (Wildman–Crippen LogP) is 4.14. The molecule has 0 aromatic heterocycles. The van der Waals surface area contributed by atoms with Crippen molar-refractivity contribution in [2.24, 2.45) is 0 Å². The molecule has 36 heavy (non-hydrogen) atoms. The van der Waals surface area contributed by atoms with E-state index in [9.17, 15) is 19.8 Å². The number of nitrogens with zero attached hydrogens (tertiary/aromatic N) is 2. The summed E-state index contributed by atoms with van der Waals surface area (Å²) in [5, 5.41) is 21.7. The molecule has 2 N–H and O–H groups in total. The Morgan fingerprint density at radius 2 is 1.69 bits per heavy atom. The van der Waals surface area contributed by atoms with E-state index in [0.717, 1.165) is 36.3 Å². The zero-order chi connectivity index (χ0) is 26.0. The van der Waals surface area contributed by atoms with Gasteiger partial charge in [0.25, 0.3) is 11.7 Å². The van der Waals surface area contributed by atoms with Crippen LogP contribution in [0.1, 0.15) is 55.5 Å². The molecule has 2 aliphatic rings. The second-order valence-electron chi connectivity index (χ2n) is 10.7. The lowest BCUT2D eigenvalue weighted by atomic mass is 9.85. The number of rotatable bonds is 6. The van der Waals surface area contributed by atoms with Gasteiger partial charge in [-0.15, -0.1) is 0 Å². The second kappa shape index (κ2) is 10.4. The predicted molar refractivity (Wildman–Crippen MR) is 139 cm³/mol. The molecule has 0 radical (unpaired) electrons. The van der Waals surface area contributed by atoms with Crippen LogP contribution in [0.15, 0.2) is 48.0 Å². The van der Waals surface area contributed by atoms with Crippen LogP contribution in [0.25, 0.3) is 5.76 Å². The van der Waals surface area contributed by atoms with Crippen molar-refractivity contribution in [3.8, 4) is 5.75 Å². The van der Waals surface area contributed by atoms with Gasteiger partial charge in [-0.3, -0.25) is 14.5 Å². The fourth-order valence-electron chi connectivity index (χ4n) is 4.90. The van der Waals surface area contributed by atoms with Gasteiger partial charge in [-0.1, -0.05) is 56.7 Å². The number of benzene rings is 2. The van der Waals surface area contributed by atoms with Crippen LogP contribution in [0.5, 0.6) is 5.75 Å². The molecule has 0 spiro atoms. The van der Waals surface area contributed by atoms with E-state index < -0.39 is 17.7 Å². The lowest BCUT2D eigenvalue weighted by Gasteiger charge is -2.29. The Morgan fingerprint density at radius 3 is 2.33 bits per heavy atom. The van der Waals surface area contributed by atoms with Crippen molar-refractivity contribution < 1.29 is 24.5 Å². The molecule has 1 amide bonds. The fourth-order valence-corrected chi connectivity index (χ4v) is 4.90. The third kappa shape index (κ3) is 5.32. The van der Waals surface area contributed by atoms with Crippen molar-refractivity contribution in [2.75, 3.05) is 39.4 Å². The smallest absolute Gasteiger partial charge is 0.295 e. The first-order chi connectivity index (χ1) is 17.1. The maximum Gasteiger partial charge on any atom is 0.295 e. The number of likely N-dealkylation sites (tertiary alicyclic amines) is 1. The molecule has 2 heterocycles. The maximum absolute atomic E-state index is 13.3. The number of aliphatic hydroxyl groups excluding tert-OH is 1. The van der Waals surface area contributed by atoms with Gasteiger partial charge in [0, 0.05) is 26.2 Å². The minimum absolute atomic E-state index is 0.00998. The number of Topliss-reactive ketones (excluding diaryl/α,β-unsaturated/α-hetero) is 1. The summed E-state index contributed by atoms with van der Waals surface area (Å²) in [4.78, 5) is 30.4. The van der Waals surface area contributed by atoms with E-state index in [4.69, 9.17) is 4.74 Å². The Bertz CT molecular complexity index is 1160. The number of amides is 1. The monoisotopic (exact) mass is 492 g/mol. The van der Waals surface area contributed by atoms with Crippen LogP contribution in [0, 0.1) is 6.92 Å². The topological polar surface area (TPSA) is 90.3 Å². The van der Waals surface area contributed by atoms with Gasteiger partial charge in [0.1, 0.15) is 11.5 Å². The summed E-state index contributed by atoms with van der Waals surface area (Å²) in [6.45, 7) is 12.5. The summed E-state index contributed by atoms with van der Waals surface area (Å²) in [6, 6.07) is 12.0. The second-order valence-corrected chi connectivity index (χ2v) is 10.7. The van der Waals surface area contributed by atoms with E-state index in [1.807, 2.05) is 31.2 Å². The Balaban J connectivity index is 1.72. The molecule has 2 aromatic carbocycles. The van der Waals surface area contributed by atoms with Gasteiger partial charge in [-0.25, -0.2) is 0 Å². The van der Waals surface area contributed by atoms with Crippen molar-refractivity contribution in [1.82, 2.24) is 9.80 Å². The Kier molecular flexibility index (Phi) is 7.52. The summed E-state index contributed by atoms with van der Waals surface area (Å²) in [7, 11) is 0. The summed E-state index contributed by atoms with van der Waals surface area (Å²) in [5.74, 6) is -1.85. The fraction of sp³-hybridized carbons (Fsp3) is 0.448. The highest BCUT2D eigenvalue weighted by Gasteiger charge is 2.46. The van der Waals surface area contributed by atoms with Gasteiger partial charge in [0.15, 0.2) is 0 Å². The van der Waals surface area contributed by atoms with Crippen LogP contribution in [0.4, 0.5) is 0 Å². The highest BCUT2D eigenvalue weighted by Crippen LogP contribution is 2.41. The highest BCUT2D eigenvalue weighted by atomic mass is 16.5. The molecular weight excluding hydrogens is 456 g/mol. The minimum Gasteiger partial charge on any atom is -0.507 e. The SMILES string of the molecule is Cc1ccc(O)c(C(O)=C2C(=O)C(=O)N(CCCN3CCOCC3)C2c2ccc(C(C)(C)C)cc2)c1. The van der Waals surface area contributed by atoms with Gasteiger partial charge in [0.2, 0.25) is 0 Å². The van der Waals surface area contributed by atoms with Crippen molar-refractivity contribution in [3.05, 3.63) is 70.3 Å². The van der Waals surface area contributed by atoms with Crippen molar-refractivity contribution in [1.29, 1.82) is 0 Å². The number of aromatic hydroxyl groups is 1. The zero-order valence-corrected chi connectivity index (χ0v) is 21.6. The van der Waals surface area contributed by atoms with Gasteiger partial charge in [-0.05, 0) is 42.0 Å². The zero-order valence-electron chi connectivity index (χ0n) is 21.6. The number of ketones is 1. The number of hydrogen-bond acceptors (Lipinski definition) is 6. The summed E-state index contributed by atoms with van der Waals surface area (Å²) in [5.41, 5.74) is 2.81. The lowest BCUT2D eigenvalue weighted by Crippen LogP contribution is -2.39. The first-order valence-electron chi connectivity index (χ1n) is 12.6. The van der Waals surface area contributed by atoms with Crippen LogP contribution >= 0.6 is 0 Å². The largest absolute Gasteiger partial charge is 0.507 e. The third-order valence-corrected chi connectivity index (χ3v) is 7.02. The Labute approximate surface area is 213 Å². The average Bonchev–Trinajstić information content (AvgIpc) is 3.10. The van der Waals surface area contributed by atoms with Gasteiger partial charge in [0.05, 0.1) is 30.4 Å². The molecule has 0 aliphatic carbocycles. The molecule has 2 fully saturated rings. The molecular formula is C29H36N2O5. The summed E-state index contributed by atoms with van der Waals surface area (Å²) >= 11 is 0. The number of morpholine rings is 1. The Hall–Kier alpha value is -3.16. The molecule has 4 rings (SSSR count). The summed E-state index contributed by atoms with van der Waals surface area (Å²) in [6.07, 6.45) is 0.694. The normalized spacial score (nSPS) is 20.8. The van der Waals surface area contributed by atoms with E-state index in [1.54, 1.807) is 17.0 Å². The molecule has 2 saturated heterocycles. The van der Waals surface area contributed by atoms with E-state index in [1.165, 1.54) is 6.07 Å². The van der Waals surface area contributed by atoms with Crippen molar-refractivity contribution in [2.45, 2.75) is 45.6 Å². The van der Waals surface area contributed by atoms with Gasteiger partial charge < -0.3 is 19.8 Å². The Morgan fingerprint density at radius 1 is 1.03 bits per heavy atom. The van der Waals surface area contributed by atoms with Crippen LogP contribution in [-0.2, 0) is 19.7 Å². The number of phenols is 1. The number of carbonyl (C=O) groups is 2. The molecule has 2 aromatic rings. The quantitative estimate of drug-likeness (QED) is 0.358. The molecule has 1 unspecified atom stereocenters. The molecule has 192 valence electrons. The first kappa shape index (κ1) is 25.9. The average molecular weight is 493 g/mol. The molecule has 7 nitrogen and oxygen atoms in total. The van der Waals surface area contributed by atoms with E-state index in [0.29, 0.717) is 26.2 Å². The maximum atomic E-state index is 13.3. The number of aliphatic hydroxyl groups is 1. The van der Waals surface area contributed by atoms with Crippen molar-refractivity contribution in [3.63, 3.8) is 0 Å². The number of ether oxygens (including phenoxy) is 1. The third-order valence-electron chi connectivity index (χ3n) is 7.02. The van der Waals surface area contributed by atoms with Crippen LogP contribution in [0.3, 0.4) is 0 Å². The lowest BCUT2D eigenvalue weighted by molar-refractivity contribution is -0.140. The van der Waals surface area contributed by atoms with Crippen LogP contribution in [0.2, 0.25) is 0 Å². The molecule has 0 bridgehead atoms. The summed E-state index contributed by atoms with van der Waals surface area (Å²) < 4.78 is 5.41. The molecule has 0 saturated carbocycles. The standard InChI is InChI=1S/C29H36N2O5/c1-19-6-11-23(32)22(18-19)26(33)24-25(20-7-9-21(10-8-20)29(2,3)4)31(28(35)27(24)34)13-5-12-30-14-16-36-17-15-30/h6-11,18,25,32-33H,5,12-17H2,1-4H3. The number of aryl methyl sites for hydroxylation is 1. The molecule has 7 heteroatoms. The van der Waals surface area contributed by atoms with Gasteiger partial charge in [-0.2, -0.15) is 0 Å². The van der Waals surface area contributed by atoms with Gasteiger partial charge >= 0.3 is 0 Å². The number of hydrogen-bond donors (Lipinski definition) is 2. The molecule has 2 aliphatic heterocycles. The number of phenolic OH excluding ortho intramolecular Hbond substituents is 1. The van der Waals surface area contributed by atoms with E-state index in [-0.39, 0.29) is 28.1 Å². The van der Waals surface area contributed by atoms with E-state index in [2.05, 4.69) is 25.7 Å². The van der Waals surface area contributed by atoms with E-state index >= 15 is 0 Å². The van der Waals surface area contributed by atoms with Crippen LogP contribution < -0.4 is 0 Å². The van der Waals surface area contributed by atoms with Crippen molar-refractivity contribution >= 4 is 17.4 Å². The highest BCUT2D eigenvalue weighted by molar-refractivity contribution is 6.46. The first-order valence-corrected chi connectivity index (χ1v) is 12.6. The van der Waals surface area contributed by atoms with Crippen LogP contribution in [-0.4, -0.2) is 71.1 Å². The molecule has 1 atom stereocenters. The minimum atomic E-state index is -0.733.